The molecule has 0 radical (unpaired) electrons. The first-order valence-electron chi connectivity index (χ1n) is 7.83. The summed E-state index contributed by atoms with van der Waals surface area (Å²) in [5.74, 6) is 0.990. The van der Waals surface area contributed by atoms with E-state index in [0.29, 0.717) is 19.5 Å². The van der Waals surface area contributed by atoms with Gasteiger partial charge >= 0.3 is 0 Å². The summed E-state index contributed by atoms with van der Waals surface area (Å²) >= 11 is 0. The Morgan fingerprint density at radius 1 is 1.35 bits per heavy atom. The monoisotopic (exact) mass is 312 g/mol. The summed E-state index contributed by atoms with van der Waals surface area (Å²) in [6.07, 6.45) is 4.31. The fourth-order valence-corrected chi connectivity index (χ4v) is 2.54. The van der Waals surface area contributed by atoms with E-state index in [2.05, 4.69) is 23.3 Å². The van der Waals surface area contributed by atoms with Gasteiger partial charge in [0.05, 0.1) is 13.7 Å². The molecule has 0 aliphatic heterocycles. The van der Waals surface area contributed by atoms with Crippen LogP contribution in [0.15, 0.2) is 55.3 Å². The van der Waals surface area contributed by atoms with Gasteiger partial charge in [0.2, 0.25) is 5.91 Å². The van der Waals surface area contributed by atoms with Gasteiger partial charge < -0.3 is 14.2 Å². The molecule has 23 heavy (non-hydrogen) atoms. The van der Waals surface area contributed by atoms with Crippen LogP contribution in [0.4, 0.5) is 0 Å². The molecule has 1 aromatic heterocycles. The Balaban J connectivity index is 2.14. The third-order valence-electron chi connectivity index (χ3n) is 3.77. The van der Waals surface area contributed by atoms with Crippen molar-refractivity contribution in [2.75, 3.05) is 13.7 Å². The average molecular weight is 312 g/mol. The van der Waals surface area contributed by atoms with Crippen molar-refractivity contribution >= 4 is 5.91 Å². The van der Waals surface area contributed by atoms with E-state index in [-0.39, 0.29) is 5.91 Å². The number of carbonyl (C=O) groups excluding carboxylic acids is 1. The highest BCUT2D eigenvalue weighted by molar-refractivity contribution is 5.75. The minimum absolute atomic E-state index is 0.138. The van der Waals surface area contributed by atoms with Crippen LogP contribution in [0, 0.1) is 0 Å². The highest BCUT2D eigenvalue weighted by atomic mass is 16.5. The summed E-state index contributed by atoms with van der Waals surface area (Å²) in [6, 6.07) is 12.1. The van der Waals surface area contributed by atoms with Crippen molar-refractivity contribution in [3.05, 3.63) is 66.5 Å². The Morgan fingerprint density at radius 3 is 2.87 bits per heavy atom. The topological polar surface area (TPSA) is 34.5 Å². The molecule has 1 heterocycles. The molecule has 2 aromatic rings. The summed E-state index contributed by atoms with van der Waals surface area (Å²) in [7, 11) is 1.67. The number of benzene rings is 1. The quantitative estimate of drug-likeness (QED) is 0.700. The van der Waals surface area contributed by atoms with Crippen molar-refractivity contribution in [2.45, 2.75) is 26.4 Å². The van der Waals surface area contributed by atoms with Gasteiger partial charge in [0.1, 0.15) is 5.75 Å². The Morgan fingerprint density at radius 2 is 2.17 bits per heavy atom. The van der Waals surface area contributed by atoms with Crippen LogP contribution < -0.4 is 4.74 Å². The molecule has 0 saturated carbocycles. The number of hydrogen-bond donors (Lipinski definition) is 0. The van der Waals surface area contributed by atoms with E-state index in [4.69, 9.17) is 4.74 Å². The maximum atomic E-state index is 12.0. The van der Waals surface area contributed by atoms with Gasteiger partial charge in [-0.3, -0.25) is 4.79 Å². The zero-order valence-corrected chi connectivity index (χ0v) is 13.9. The largest absolute Gasteiger partial charge is 0.497 e. The fraction of sp³-hybridized carbons (Fsp3) is 0.316. The van der Waals surface area contributed by atoms with Crippen LogP contribution in [0.1, 0.15) is 24.6 Å². The minimum atomic E-state index is 0.138. The van der Waals surface area contributed by atoms with Gasteiger partial charge in [0.15, 0.2) is 0 Å². The SMILES string of the molecule is C=CCN(Cc1cccn1Cc1cccc(OC)c1)C(=O)CC. The zero-order valence-electron chi connectivity index (χ0n) is 13.9. The van der Waals surface area contributed by atoms with E-state index in [1.807, 2.05) is 42.3 Å². The molecular weight excluding hydrogens is 288 g/mol. The van der Waals surface area contributed by atoms with Gasteiger partial charge in [-0.15, -0.1) is 6.58 Å². The maximum Gasteiger partial charge on any atom is 0.222 e. The van der Waals surface area contributed by atoms with E-state index >= 15 is 0 Å². The molecule has 1 aromatic carbocycles. The average Bonchev–Trinajstić information content (AvgIpc) is 3.00. The molecule has 0 fully saturated rings. The Hall–Kier alpha value is -2.49. The Kier molecular flexibility index (Phi) is 6.03. The molecule has 0 aliphatic carbocycles. The van der Waals surface area contributed by atoms with Gasteiger partial charge in [-0.1, -0.05) is 25.1 Å². The number of amides is 1. The Labute approximate surface area is 138 Å². The minimum Gasteiger partial charge on any atom is -0.497 e. The highest BCUT2D eigenvalue weighted by Crippen LogP contribution is 2.16. The number of ether oxygens (including phenoxy) is 1. The first kappa shape index (κ1) is 16.9. The summed E-state index contributed by atoms with van der Waals surface area (Å²) < 4.78 is 7.43. The second-order valence-corrected chi connectivity index (χ2v) is 5.40. The van der Waals surface area contributed by atoms with Crippen molar-refractivity contribution in [3.8, 4) is 5.75 Å². The van der Waals surface area contributed by atoms with Crippen molar-refractivity contribution in [1.29, 1.82) is 0 Å². The van der Waals surface area contributed by atoms with Crippen LogP contribution in [-0.4, -0.2) is 29.0 Å². The van der Waals surface area contributed by atoms with Gasteiger partial charge in [0.25, 0.3) is 0 Å². The first-order chi connectivity index (χ1) is 11.2. The van der Waals surface area contributed by atoms with Crippen LogP contribution in [-0.2, 0) is 17.9 Å². The lowest BCUT2D eigenvalue weighted by Gasteiger charge is -2.21. The fourth-order valence-electron chi connectivity index (χ4n) is 2.54. The van der Waals surface area contributed by atoms with E-state index in [1.165, 1.54) is 5.56 Å². The number of methoxy groups -OCH3 is 1. The summed E-state index contributed by atoms with van der Waals surface area (Å²) in [6.45, 7) is 7.53. The van der Waals surface area contributed by atoms with E-state index < -0.39 is 0 Å². The van der Waals surface area contributed by atoms with Crippen molar-refractivity contribution in [2.24, 2.45) is 0 Å². The third kappa shape index (κ3) is 4.49. The normalized spacial score (nSPS) is 10.3. The van der Waals surface area contributed by atoms with Gasteiger partial charge in [0, 0.05) is 31.4 Å². The number of carbonyl (C=O) groups is 1. The van der Waals surface area contributed by atoms with E-state index in [0.717, 1.165) is 18.0 Å². The van der Waals surface area contributed by atoms with Gasteiger partial charge in [-0.25, -0.2) is 0 Å². The number of aromatic nitrogens is 1. The summed E-state index contributed by atoms with van der Waals surface area (Å²) in [5.41, 5.74) is 2.27. The predicted octanol–water partition coefficient (Wildman–Crippen LogP) is 3.47. The van der Waals surface area contributed by atoms with E-state index in [1.54, 1.807) is 13.2 Å². The van der Waals surface area contributed by atoms with Crippen molar-refractivity contribution < 1.29 is 9.53 Å². The number of hydrogen-bond acceptors (Lipinski definition) is 2. The lowest BCUT2D eigenvalue weighted by Crippen LogP contribution is -2.30. The number of nitrogens with zero attached hydrogens (tertiary/aromatic N) is 2. The third-order valence-corrected chi connectivity index (χ3v) is 3.77. The molecule has 0 atom stereocenters. The standard InChI is InChI=1S/C19H24N2O2/c1-4-11-21(19(22)5-2)15-17-9-7-12-20(17)14-16-8-6-10-18(13-16)23-3/h4,6-10,12-13H,1,5,11,14-15H2,2-3H3. The maximum absolute atomic E-state index is 12.0. The molecule has 0 spiro atoms. The van der Waals surface area contributed by atoms with Crippen LogP contribution in [0.3, 0.4) is 0 Å². The molecule has 122 valence electrons. The zero-order chi connectivity index (χ0) is 16.7. The molecule has 0 bridgehead atoms. The second-order valence-electron chi connectivity index (χ2n) is 5.40. The predicted molar refractivity (Wildman–Crippen MR) is 92.4 cm³/mol. The molecule has 0 N–H and O–H groups in total. The molecule has 0 saturated heterocycles. The summed E-state index contributed by atoms with van der Waals surface area (Å²) in [4.78, 5) is 13.9. The molecule has 4 heteroatoms. The molecular formula is C19H24N2O2. The van der Waals surface area contributed by atoms with Gasteiger partial charge in [-0.05, 0) is 29.8 Å². The summed E-state index contributed by atoms with van der Waals surface area (Å²) in [5, 5.41) is 0. The molecule has 1 amide bonds. The molecule has 0 aliphatic rings. The lowest BCUT2D eigenvalue weighted by atomic mass is 10.2. The van der Waals surface area contributed by atoms with Crippen LogP contribution in [0.5, 0.6) is 5.75 Å². The van der Waals surface area contributed by atoms with E-state index in [9.17, 15) is 4.79 Å². The Bertz CT molecular complexity index is 661. The highest BCUT2D eigenvalue weighted by Gasteiger charge is 2.12. The number of rotatable bonds is 8. The van der Waals surface area contributed by atoms with Crippen molar-refractivity contribution in [3.63, 3.8) is 0 Å². The smallest absolute Gasteiger partial charge is 0.222 e. The molecule has 2 rings (SSSR count). The molecule has 4 nitrogen and oxygen atoms in total. The lowest BCUT2D eigenvalue weighted by molar-refractivity contribution is -0.131. The molecule has 0 unspecified atom stereocenters. The van der Waals surface area contributed by atoms with Crippen molar-refractivity contribution in [1.82, 2.24) is 9.47 Å². The van der Waals surface area contributed by atoms with Crippen LogP contribution in [0.25, 0.3) is 0 Å². The van der Waals surface area contributed by atoms with Gasteiger partial charge in [-0.2, -0.15) is 0 Å². The first-order valence-corrected chi connectivity index (χ1v) is 7.83. The van der Waals surface area contributed by atoms with Crippen LogP contribution >= 0.6 is 0 Å². The second kappa shape index (κ2) is 8.22. The van der Waals surface area contributed by atoms with Crippen LogP contribution in [0.2, 0.25) is 0 Å².